The van der Waals surface area contributed by atoms with Crippen molar-refractivity contribution in [2.45, 2.75) is 6.42 Å². The van der Waals surface area contributed by atoms with Crippen LogP contribution in [-0.2, 0) is 0 Å². The zero-order valence-corrected chi connectivity index (χ0v) is 7.09. The zero-order valence-electron chi connectivity index (χ0n) is 7.09. The number of quaternary nitrogens is 1. The smallest absolute Gasteiger partial charge is 0.281 e. The van der Waals surface area contributed by atoms with Gasteiger partial charge >= 0.3 is 0 Å². The van der Waals surface area contributed by atoms with Crippen molar-refractivity contribution in [1.29, 1.82) is 5.26 Å². The van der Waals surface area contributed by atoms with Gasteiger partial charge < -0.3 is 4.39 Å². The van der Waals surface area contributed by atoms with E-state index in [0.717, 1.165) is 17.4 Å². The molecule has 0 saturated heterocycles. The second-order valence-corrected chi connectivity index (χ2v) is 3.54. The first-order valence-corrected chi connectivity index (χ1v) is 3.70. The Kier molecular flexibility index (Phi) is 3.82. The first-order valence-electron chi connectivity index (χ1n) is 3.70. The lowest BCUT2D eigenvalue weighted by Gasteiger charge is -2.35. The van der Waals surface area contributed by atoms with E-state index in [4.69, 9.17) is 5.26 Å². The highest BCUT2D eigenvalue weighted by molar-refractivity contribution is 6.36. The summed E-state index contributed by atoms with van der Waals surface area (Å²) in [6, 6.07) is 0. The molecule has 0 aliphatic heterocycles. The Hall–Kier alpha value is -0.745. The first kappa shape index (κ1) is 9.25. The number of nitrogens with zero attached hydrogens (tertiary/aromatic N) is 2. The maximum atomic E-state index is 8.47. The molecule has 0 aliphatic carbocycles. The summed E-state index contributed by atoms with van der Waals surface area (Å²) in [5, 5.41) is 8.47. The molecule has 0 rings (SSSR count). The van der Waals surface area contributed by atoms with Crippen molar-refractivity contribution in [3.05, 3.63) is 12.7 Å². The minimum absolute atomic E-state index is 0.460. The van der Waals surface area contributed by atoms with Gasteiger partial charge in [0.15, 0.2) is 0 Å². The molecule has 0 bridgehead atoms. The van der Waals surface area contributed by atoms with E-state index in [0.29, 0.717) is 0 Å². The van der Waals surface area contributed by atoms with E-state index < -0.39 is 7.41 Å². The fraction of sp³-hybridized carbons (Fsp3) is 0.571. The molecule has 0 spiro atoms. The van der Waals surface area contributed by atoms with Gasteiger partial charge in [-0.1, -0.05) is 12.0 Å². The van der Waals surface area contributed by atoms with Crippen molar-refractivity contribution in [3.8, 4) is 5.97 Å². The summed E-state index contributed by atoms with van der Waals surface area (Å²) in [5.41, 5.74) is 0. The lowest BCUT2D eigenvalue weighted by Crippen LogP contribution is -2.43. The van der Waals surface area contributed by atoms with Crippen LogP contribution in [-0.4, -0.2) is 32.4 Å². The first-order chi connectivity index (χ1) is 4.62. The van der Waals surface area contributed by atoms with Crippen LogP contribution in [0.1, 0.15) is 6.42 Å². The van der Waals surface area contributed by atoms with Crippen LogP contribution in [0, 0.1) is 11.2 Å². The van der Waals surface area contributed by atoms with Crippen LogP contribution in [0.5, 0.6) is 0 Å². The molecule has 0 heterocycles. The molecular weight excluding hydrogens is 123 g/mol. The third-order valence-electron chi connectivity index (χ3n) is 1.71. The zero-order chi connectivity index (χ0) is 8.04. The summed E-state index contributed by atoms with van der Waals surface area (Å²) < 4.78 is 0.891. The lowest BCUT2D eigenvalue weighted by atomic mass is 9.91. The molecule has 0 N–H and O–H groups in total. The second kappa shape index (κ2) is 4.13. The summed E-state index contributed by atoms with van der Waals surface area (Å²) in [5.74, 6) is 2.28. The van der Waals surface area contributed by atoms with Crippen LogP contribution in [0.15, 0.2) is 12.7 Å². The Morgan fingerprint density at radius 2 is 2.30 bits per heavy atom. The molecule has 0 saturated carbocycles. The molecule has 3 heteroatoms. The van der Waals surface area contributed by atoms with Crippen LogP contribution >= 0.6 is 0 Å². The van der Waals surface area contributed by atoms with E-state index >= 15 is 0 Å². The van der Waals surface area contributed by atoms with Gasteiger partial charge in [0.25, 0.3) is 7.41 Å². The predicted octanol–water partition coefficient (Wildman–Crippen LogP) is 0.204. The van der Waals surface area contributed by atoms with Crippen LogP contribution in [0.2, 0.25) is 0 Å². The standard InChI is InChI=1S/C7H15BN2/c1-4-5-6-10(2,3)8-7-9/h4H,1,5-6,8H2,2-3H3. The summed E-state index contributed by atoms with van der Waals surface area (Å²) in [4.78, 5) is 0. The van der Waals surface area contributed by atoms with Crippen LogP contribution < -0.4 is 0 Å². The van der Waals surface area contributed by atoms with Gasteiger partial charge in [0.1, 0.15) is 0 Å². The van der Waals surface area contributed by atoms with E-state index in [-0.39, 0.29) is 0 Å². The highest BCUT2D eigenvalue weighted by Gasteiger charge is 2.04. The van der Waals surface area contributed by atoms with E-state index in [1.807, 2.05) is 6.08 Å². The maximum absolute atomic E-state index is 8.47. The Balaban J connectivity index is 3.64. The van der Waals surface area contributed by atoms with E-state index in [2.05, 4.69) is 26.6 Å². The average molecular weight is 138 g/mol. The van der Waals surface area contributed by atoms with Crippen molar-refractivity contribution in [2.75, 3.05) is 20.6 Å². The summed E-state index contributed by atoms with van der Waals surface area (Å²) in [6.07, 6.45) is 2.92. The molecule has 10 heavy (non-hydrogen) atoms. The predicted molar refractivity (Wildman–Crippen MR) is 45.9 cm³/mol. The molecule has 2 nitrogen and oxygen atoms in total. The largest absolute Gasteiger partial charge is 0.513 e. The quantitative estimate of drug-likeness (QED) is 0.402. The Bertz CT molecular complexity index is 146. The topological polar surface area (TPSA) is 23.8 Å². The normalized spacial score (nSPS) is 10.5. The van der Waals surface area contributed by atoms with Crippen molar-refractivity contribution in [2.24, 2.45) is 0 Å². The number of hydrogen-bond donors (Lipinski definition) is 0. The molecule has 0 unspecified atom stereocenters. The monoisotopic (exact) mass is 138 g/mol. The van der Waals surface area contributed by atoms with Crippen molar-refractivity contribution in [1.82, 2.24) is 0 Å². The van der Waals surface area contributed by atoms with Crippen molar-refractivity contribution >= 4 is 7.41 Å². The molecule has 0 aromatic rings. The van der Waals surface area contributed by atoms with Gasteiger partial charge in [-0.15, -0.1) is 6.58 Å². The van der Waals surface area contributed by atoms with E-state index in [1.165, 1.54) is 0 Å². The fourth-order valence-electron chi connectivity index (χ4n) is 0.861. The molecule has 0 amide bonds. The van der Waals surface area contributed by atoms with Crippen LogP contribution in [0.25, 0.3) is 0 Å². The van der Waals surface area contributed by atoms with Crippen LogP contribution in [0.4, 0.5) is 0 Å². The Morgan fingerprint density at radius 3 is 2.70 bits per heavy atom. The van der Waals surface area contributed by atoms with Crippen LogP contribution in [0.3, 0.4) is 0 Å². The van der Waals surface area contributed by atoms with E-state index in [1.54, 1.807) is 0 Å². The molecule has 56 valence electrons. The molecular formula is C7H15BN2. The van der Waals surface area contributed by atoms with Gasteiger partial charge in [-0.05, 0) is 0 Å². The summed E-state index contributed by atoms with van der Waals surface area (Å²) in [7, 11) is 3.75. The maximum Gasteiger partial charge on any atom is 0.281 e. The molecule has 0 atom stereocenters. The minimum Gasteiger partial charge on any atom is -0.513 e. The van der Waals surface area contributed by atoms with Gasteiger partial charge in [-0.2, -0.15) is 0 Å². The fourth-order valence-corrected chi connectivity index (χ4v) is 0.861. The highest BCUT2D eigenvalue weighted by atomic mass is 15.2. The average Bonchev–Trinajstić information content (AvgIpc) is 1.84. The number of rotatable bonds is 4. The van der Waals surface area contributed by atoms with Gasteiger partial charge in [0.05, 0.1) is 0 Å². The number of hydrogen-bond acceptors (Lipinski definition) is 1. The van der Waals surface area contributed by atoms with Gasteiger partial charge in [-0.25, -0.2) is 5.26 Å². The SMILES string of the molecule is C=CCC[N+](C)(C)[BH2-]C#N. The molecule has 0 radical (unpaired) electrons. The van der Waals surface area contributed by atoms with Gasteiger partial charge in [0.2, 0.25) is 0 Å². The third-order valence-corrected chi connectivity index (χ3v) is 1.71. The molecule has 0 fully saturated rings. The summed E-state index contributed by atoms with van der Waals surface area (Å²) >= 11 is 0. The minimum atomic E-state index is -0.460. The Labute approximate surface area is 63.6 Å². The van der Waals surface area contributed by atoms with Crippen molar-refractivity contribution in [3.63, 3.8) is 0 Å². The van der Waals surface area contributed by atoms with E-state index in [9.17, 15) is 0 Å². The van der Waals surface area contributed by atoms with Gasteiger partial charge in [-0.3, -0.25) is 0 Å². The Morgan fingerprint density at radius 1 is 1.70 bits per heavy atom. The van der Waals surface area contributed by atoms with Crippen molar-refractivity contribution < 1.29 is 4.39 Å². The third kappa shape index (κ3) is 4.17. The summed E-state index contributed by atoms with van der Waals surface area (Å²) in [6.45, 7) is 4.70. The lowest BCUT2D eigenvalue weighted by molar-refractivity contribution is -0.776. The van der Waals surface area contributed by atoms with Gasteiger partial charge in [0, 0.05) is 27.1 Å². The molecule has 0 aliphatic rings. The highest BCUT2D eigenvalue weighted by Crippen LogP contribution is 1.95. The second-order valence-electron chi connectivity index (χ2n) is 3.54. The molecule has 0 aromatic carbocycles. The molecule has 0 aromatic heterocycles. The number of nitriles is 1.